The first kappa shape index (κ1) is 22.1. The summed E-state index contributed by atoms with van der Waals surface area (Å²) in [4.78, 5) is 47.9. The molecule has 1 heterocycles. The second-order valence-corrected chi connectivity index (χ2v) is 6.47. The molecule has 1 unspecified atom stereocenters. The Labute approximate surface area is 154 Å². The van der Waals surface area contributed by atoms with Gasteiger partial charge in [-0.05, 0) is 31.6 Å². The van der Waals surface area contributed by atoms with E-state index in [-0.39, 0.29) is 42.1 Å². The fourth-order valence-corrected chi connectivity index (χ4v) is 3.21. The summed E-state index contributed by atoms with van der Waals surface area (Å²) in [5.41, 5.74) is 5.08. The highest BCUT2D eigenvalue weighted by Crippen LogP contribution is 2.31. The predicted molar refractivity (Wildman–Crippen MR) is 93.4 cm³/mol. The maximum absolute atomic E-state index is 11.9. The van der Waals surface area contributed by atoms with Gasteiger partial charge < -0.3 is 15.2 Å². The number of ether oxygens (including phenoxy) is 2. The number of nitrogens with two attached hydrogens (primary N) is 1. The van der Waals surface area contributed by atoms with E-state index in [1.165, 1.54) is 4.90 Å². The number of imide groups is 1. The third-order valence-corrected chi connectivity index (χ3v) is 4.68. The maximum atomic E-state index is 11.9. The molecular formula is C18H30N2O6. The average Bonchev–Trinajstić information content (AvgIpc) is 2.89. The van der Waals surface area contributed by atoms with Gasteiger partial charge in [0.2, 0.25) is 18.6 Å². The number of nitrogens with zero attached hydrogens (tertiary/aromatic N) is 1. The Morgan fingerprint density at radius 1 is 1.12 bits per heavy atom. The summed E-state index contributed by atoms with van der Waals surface area (Å²) >= 11 is 0. The van der Waals surface area contributed by atoms with E-state index in [1.54, 1.807) is 6.92 Å². The van der Waals surface area contributed by atoms with Crippen molar-refractivity contribution in [1.82, 2.24) is 4.90 Å². The van der Waals surface area contributed by atoms with Crippen LogP contribution >= 0.6 is 0 Å². The van der Waals surface area contributed by atoms with E-state index in [9.17, 15) is 19.2 Å². The molecule has 2 N–H and O–H groups in total. The third kappa shape index (κ3) is 6.09. The van der Waals surface area contributed by atoms with Crippen LogP contribution in [0.15, 0.2) is 0 Å². The van der Waals surface area contributed by atoms with Crippen molar-refractivity contribution in [3.05, 3.63) is 0 Å². The fourth-order valence-electron chi connectivity index (χ4n) is 3.21. The van der Waals surface area contributed by atoms with Gasteiger partial charge in [-0.2, -0.15) is 0 Å². The SMILES string of the molecule is CC.CC1CC(=O)N(CC2CCC(C(=O)OCOC(=O)CN)CC2)C1=O. The van der Waals surface area contributed by atoms with Crippen molar-refractivity contribution in [1.29, 1.82) is 0 Å². The van der Waals surface area contributed by atoms with Crippen LogP contribution in [0.1, 0.15) is 52.9 Å². The lowest BCUT2D eigenvalue weighted by atomic mass is 9.82. The summed E-state index contributed by atoms with van der Waals surface area (Å²) in [6, 6.07) is 0. The molecule has 0 aromatic rings. The second kappa shape index (κ2) is 10.9. The monoisotopic (exact) mass is 370 g/mol. The highest BCUT2D eigenvalue weighted by atomic mass is 16.7. The molecular weight excluding hydrogens is 340 g/mol. The molecule has 1 saturated carbocycles. The average molecular weight is 370 g/mol. The molecule has 0 bridgehead atoms. The lowest BCUT2D eigenvalue weighted by Gasteiger charge is -2.29. The Bertz CT molecular complexity index is 514. The van der Waals surface area contributed by atoms with Crippen LogP contribution in [0.4, 0.5) is 0 Å². The van der Waals surface area contributed by atoms with Crippen LogP contribution in [-0.4, -0.2) is 48.5 Å². The summed E-state index contributed by atoms with van der Waals surface area (Å²) in [6.07, 6.45) is 3.09. The van der Waals surface area contributed by atoms with Crippen molar-refractivity contribution < 1.29 is 28.7 Å². The van der Waals surface area contributed by atoms with Crippen molar-refractivity contribution in [2.75, 3.05) is 19.9 Å². The Morgan fingerprint density at radius 3 is 2.23 bits per heavy atom. The standard InChI is InChI=1S/C16H24N2O6.C2H6/c1-10-6-13(19)18(15(10)21)8-11-2-4-12(5-3-11)16(22)24-9-23-14(20)7-17;1-2/h10-12H,2-9,17H2,1H3;1-2H3. The van der Waals surface area contributed by atoms with Gasteiger partial charge in [-0.1, -0.05) is 20.8 Å². The maximum Gasteiger partial charge on any atom is 0.322 e. The first-order valence-corrected chi connectivity index (χ1v) is 9.29. The normalized spacial score (nSPS) is 25.4. The first-order valence-electron chi connectivity index (χ1n) is 9.29. The zero-order valence-corrected chi connectivity index (χ0v) is 15.9. The van der Waals surface area contributed by atoms with E-state index in [2.05, 4.69) is 4.74 Å². The van der Waals surface area contributed by atoms with Crippen LogP contribution in [-0.2, 0) is 28.7 Å². The minimum Gasteiger partial charge on any atom is -0.428 e. The smallest absolute Gasteiger partial charge is 0.322 e. The zero-order chi connectivity index (χ0) is 19.7. The Balaban J connectivity index is 0.00000163. The van der Waals surface area contributed by atoms with Crippen molar-refractivity contribution in [2.24, 2.45) is 23.5 Å². The second-order valence-electron chi connectivity index (χ2n) is 6.47. The molecule has 8 nitrogen and oxygen atoms in total. The van der Waals surface area contributed by atoms with Gasteiger partial charge in [-0.25, -0.2) is 0 Å². The number of likely N-dealkylation sites (tertiary alicyclic amines) is 1. The van der Waals surface area contributed by atoms with Gasteiger partial charge in [-0.15, -0.1) is 0 Å². The number of carbonyl (C=O) groups is 4. The van der Waals surface area contributed by atoms with Gasteiger partial charge in [0.15, 0.2) is 0 Å². The first-order chi connectivity index (χ1) is 12.4. The molecule has 0 radical (unpaired) electrons. The molecule has 0 spiro atoms. The van der Waals surface area contributed by atoms with Crippen LogP contribution in [0.2, 0.25) is 0 Å². The van der Waals surface area contributed by atoms with Crippen molar-refractivity contribution in [3.8, 4) is 0 Å². The number of esters is 2. The lowest BCUT2D eigenvalue weighted by molar-refractivity contribution is -0.170. The summed E-state index contributed by atoms with van der Waals surface area (Å²) < 4.78 is 9.52. The molecule has 2 fully saturated rings. The van der Waals surface area contributed by atoms with Crippen LogP contribution in [0.25, 0.3) is 0 Å². The molecule has 2 amide bonds. The minimum atomic E-state index is -0.624. The van der Waals surface area contributed by atoms with Crippen molar-refractivity contribution >= 4 is 23.8 Å². The summed E-state index contributed by atoms with van der Waals surface area (Å²) in [7, 11) is 0. The van der Waals surface area contributed by atoms with E-state index < -0.39 is 12.8 Å². The number of hydrogen-bond acceptors (Lipinski definition) is 7. The molecule has 2 aliphatic rings. The molecule has 1 aliphatic carbocycles. The van der Waals surface area contributed by atoms with Crippen LogP contribution in [0.3, 0.4) is 0 Å². The molecule has 2 rings (SSSR count). The fraction of sp³-hybridized carbons (Fsp3) is 0.778. The molecule has 0 aromatic carbocycles. The Kier molecular flexibility index (Phi) is 9.26. The molecule has 1 aliphatic heterocycles. The Morgan fingerprint density at radius 2 is 1.73 bits per heavy atom. The molecule has 1 atom stereocenters. The van der Waals surface area contributed by atoms with Crippen LogP contribution < -0.4 is 5.73 Å². The van der Waals surface area contributed by atoms with Crippen molar-refractivity contribution in [3.63, 3.8) is 0 Å². The molecule has 148 valence electrons. The number of hydrogen-bond donors (Lipinski definition) is 1. The van der Waals surface area contributed by atoms with Gasteiger partial charge >= 0.3 is 11.9 Å². The van der Waals surface area contributed by atoms with Gasteiger partial charge in [-0.3, -0.25) is 24.1 Å². The van der Waals surface area contributed by atoms with Crippen molar-refractivity contribution in [2.45, 2.75) is 52.9 Å². The number of carbonyl (C=O) groups excluding carboxylic acids is 4. The van der Waals surface area contributed by atoms with Crippen LogP contribution in [0.5, 0.6) is 0 Å². The largest absolute Gasteiger partial charge is 0.428 e. The van der Waals surface area contributed by atoms with Gasteiger partial charge in [0.25, 0.3) is 0 Å². The minimum absolute atomic E-state index is 0.0942. The van der Waals surface area contributed by atoms with Crippen LogP contribution in [0, 0.1) is 17.8 Å². The highest BCUT2D eigenvalue weighted by Gasteiger charge is 2.37. The van der Waals surface area contributed by atoms with Gasteiger partial charge in [0.05, 0.1) is 12.5 Å². The summed E-state index contributed by atoms with van der Waals surface area (Å²) in [5, 5.41) is 0. The van der Waals surface area contributed by atoms with E-state index >= 15 is 0 Å². The quantitative estimate of drug-likeness (QED) is 0.424. The summed E-state index contributed by atoms with van der Waals surface area (Å²) in [5.74, 6) is -1.44. The number of amides is 2. The zero-order valence-electron chi connectivity index (χ0n) is 15.9. The highest BCUT2D eigenvalue weighted by molar-refractivity contribution is 6.03. The van der Waals surface area contributed by atoms with E-state index in [1.807, 2.05) is 13.8 Å². The van der Waals surface area contributed by atoms with E-state index in [0.717, 1.165) is 12.8 Å². The van der Waals surface area contributed by atoms with E-state index in [4.69, 9.17) is 10.5 Å². The van der Waals surface area contributed by atoms with Gasteiger partial charge in [0.1, 0.15) is 0 Å². The van der Waals surface area contributed by atoms with E-state index in [0.29, 0.717) is 25.8 Å². The molecule has 8 heteroatoms. The molecule has 1 saturated heterocycles. The lowest BCUT2D eigenvalue weighted by Crippen LogP contribution is -2.37. The van der Waals surface area contributed by atoms with Gasteiger partial charge in [0, 0.05) is 18.9 Å². The molecule has 26 heavy (non-hydrogen) atoms. The summed E-state index contributed by atoms with van der Waals surface area (Å²) in [6.45, 7) is 5.54. The number of rotatable bonds is 6. The Hall–Kier alpha value is -1.96. The molecule has 0 aromatic heterocycles. The topological polar surface area (TPSA) is 116 Å². The third-order valence-electron chi connectivity index (χ3n) is 4.68. The predicted octanol–water partition coefficient (Wildman–Crippen LogP) is 1.22.